The number of amides is 1. The van der Waals surface area contributed by atoms with E-state index in [1.54, 1.807) is 25.1 Å². The summed E-state index contributed by atoms with van der Waals surface area (Å²) in [4.78, 5) is 46.0. The molecule has 1 aromatic carbocycles. The van der Waals surface area contributed by atoms with Crippen LogP contribution in [-0.2, 0) is 32.1 Å². The van der Waals surface area contributed by atoms with Crippen molar-refractivity contribution in [3.63, 3.8) is 0 Å². The average Bonchev–Trinajstić information content (AvgIpc) is 2.86. The molecule has 0 aliphatic heterocycles. The van der Waals surface area contributed by atoms with Gasteiger partial charge in [0.2, 0.25) is 5.78 Å². The number of anilines is 1. The van der Waals surface area contributed by atoms with Gasteiger partial charge in [0.05, 0.1) is 11.6 Å². The van der Waals surface area contributed by atoms with Gasteiger partial charge < -0.3 is 35.6 Å². The highest BCUT2D eigenvalue weighted by Crippen LogP contribution is 2.55. The summed E-state index contributed by atoms with van der Waals surface area (Å²) in [5.74, 6) is -5.41. The second-order valence-corrected chi connectivity index (χ2v) is 13.8. The highest BCUT2D eigenvalue weighted by atomic mass is 16.5. The van der Waals surface area contributed by atoms with Crippen LogP contribution in [0.2, 0.25) is 0 Å². The van der Waals surface area contributed by atoms with E-state index in [0.717, 1.165) is 24.2 Å². The number of carbonyl (C=O) groups is 3. The molecule has 1 aromatic rings. The van der Waals surface area contributed by atoms with E-state index in [0.29, 0.717) is 18.5 Å². The van der Waals surface area contributed by atoms with Crippen LogP contribution in [0.15, 0.2) is 23.0 Å². The predicted molar refractivity (Wildman–Crippen MR) is 164 cm³/mol. The Morgan fingerprint density at radius 1 is 1.12 bits per heavy atom. The van der Waals surface area contributed by atoms with Gasteiger partial charge in [-0.1, -0.05) is 20.8 Å². The Kier molecular flexibility index (Phi) is 8.51. The molecule has 11 nitrogen and oxygen atoms in total. The number of ketones is 2. The number of phenolic OH excluding ortho intramolecular Hbond substituents is 1. The van der Waals surface area contributed by atoms with Gasteiger partial charge in [0.25, 0.3) is 5.91 Å². The summed E-state index contributed by atoms with van der Waals surface area (Å²) in [5, 5.41) is 34.3. The van der Waals surface area contributed by atoms with Gasteiger partial charge in [-0.25, -0.2) is 0 Å². The van der Waals surface area contributed by atoms with Crippen molar-refractivity contribution in [2.45, 2.75) is 58.2 Å². The first-order chi connectivity index (χ1) is 19.9. The molecule has 3 aliphatic rings. The monoisotopic (exact) mass is 598 g/mol. The zero-order valence-corrected chi connectivity index (χ0v) is 26.7. The van der Waals surface area contributed by atoms with Gasteiger partial charge in [0.1, 0.15) is 22.8 Å². The van der Waals surface area contributed by atoms with Crippen LogP contribution in [0.1, 0.15) is 50.3 Å². The number of hydrogen-bond acceptors (Lipinski definition) is 10. The summed E-state index contributed by atoms with van der Waals surface area (Å²) in [6.07, 6.45) is 1.48. The van der Waals surface area contributed by atoms with Crippen LogP contribution in [0.4, 0.5) is 5.69 Å². The smallest absolute Gasteiger partial charge is 0.255 e. The lowest BCUT2D eigenvalue weighted by atomic mass is 9.57. The van der Waals surface area contributed by atoms with Gasteiger partial charge in [-0.2, -0.15) is 0 Å². The molecule has 0 unspecified atom stereocenters. The zero-order chi connectivity index (χ0) is 32.3. The molecule has 0 saturated heterocycles. The molecule has 0 bridgehead atoms. The van der Waals surface area contributed by atoms with E-state index in [1.807, 2.05) is 26.0 Å². The molecule has 0 aromatic heterocycles. The zero-order valence-electron chi connectivity index (χ0n) is 26.7. The van der Waals surface area contributed by atoms with Gasteiger partial charge in [-0.15, -0.1) is 0 Å². The summed E-state index contributed by atoms with van der Waals surface area (Å²) in [5.41, 5.74) is 5.45. The standard InChI is InChI=1S/C32H46N4O7/c1-31(2,3)10-11-36(8)15-17-14-20(37)22-18(24(17)34(4)5)12-16-13-19-25(35(6)7)27(39)23(30(33)42)29(41)32(19,43-9)28(40)21(16)26(22)38/h14,16,19,25,37-38,41H,10-13,15H2,1-9H3,(H2,33,42)/t16-,19-,25-,32-/m0/s1. The first-order valence-corrected chi connectivity index (χ1v) is 14.6. The van der Waals surface area contributed by atoms with Crippen molar-refractivity contribution < 1.29 is 34.4 Å². The van der Waals surface area contributed by atoms with Gasteiger partial charge in [0, 0.05) is 44.9 Å². The van der Waals surface area contributed by atoms with Crippen LogP contribution in [0, 0.1) is 17.3 Å². The first-order valence-electron chi connectivity index (χ1n) is 14.6. The fourth-order valence-corrected chi connectivity index (χ4v) is 7.26. The summed E-state index contributed by atoms with van der Waals surface area (Å²) in [6, 6.07) is 0.641. The van der Waals surface area contributed by atoms with Crippen LogP contribution in [0.5, 0.6) is 5.75 Å². The van der Waals surface area contributed by atoms with Crippen LogP contribution >= 0.6 is 0 Å². The fourth-order valence-electron chi connectivity index (χ4n) is 7.26. The number of Topliss-reactive ketones (excluding diaryl/α,β-unsaturated/α-hetero) is 2. The Balaban J connectivity index is 1.90. The molecular weight excluding hydrogens is 552 g/mol. The summed E-state index contributed by atoms with van der Waals surface area (Å²) in [6.45, 7) is 7.99. The Bertz CT molecular complexity index is 1420. The molecule has 0 spiro atoms. The van der Waals surface area contributed by atoms with E-state index in [2.05, 4.69) is 25.7 Å². The summed E-state index contributed by atoms with van der Waals surface area (Å²) >= 11 is 0. The molecule has 0 radical (unpaired) electrons. The molecule has 4 atom stereocenters. The van der Waals surface area contributed by atoms with Crippen LogP contribution < -0.4 is 10.6 Å². The minimum absolute atomic E-state index is 0.0112. The van der Waals surface area contributed by atoms with Crippen LogP contribution in [0.3, 0.4) is 0 Å². The van der Waals surface area contributed by atoms with Crippen molar-refractivity contribution in [2.24, 2.45) is 23.0 Å². The maximum absolute atomic E-state index is 14.4. The van der Waals surface area contributed by atoms with E-state index in [4.69, 9.17) is 10.5 Å². The largest absolute Gasteiger partial charge is 0.508 e. The Labute approximate surface area is 253 Å². The number of likely N-dealkylation sites (N-methyl/N-ethyl adjacent to an activating group) is 1. The number of nitrogens with two attached hydrogens (primary N) is 1. The number of rotatable bonds is 8. The molecule has 11 heteroatoms. The van der Waals surface area contributed by atoms with Crippen molar-refractivity contribution >= 4 is 28.9 Å². The minimum atomic E-state index is -2.11. The minimum Gasteiger partial charge on any atom is -0.508 e. The normalized spacial score (nSPS) is 25.7. The van der Waals surface area contributed by atoms with Gasteiger partial charge in [-0.05, 0) is 75.5 Å². The highest BCUT2D eigenvalue weighted by molar-refractivity contribution is 6.24. The predicted octanol–water partition coefficient (Wildman–Crippen LogP) is 2.55. The number of ether oxygens (including phenoxy) is 1. The van der Waals surface area contributed by atoms with E-state index in [-0.39, 0.29) is 28.7 Å². The third kappa shape index (κ3) is 5.21. The summed E-state index contributed by atoms with van der Waals surface area (Å²) in [7, 11) is 10.4. The second kappa shape index (κ2) is 11.3. The number of benzene rings is 1. The number of methoxy groups -OCH3 is 1. The highest BCUT2D eigenvalue weighted by Gasteiger charge is 2.65. The number of hydrogen-bond donors (Lipinski definition) is 4. The molecule has 1 amide bonds. The Morgan fingerprint density at radius 2 is 1.74 bits per heavy atom. The van der Waals surface area contributed by atoms with Crippen LogP contribution in [0.25, 0.3) is 5.76 Å². The lowest BCUT2D eigenvalue weighted by Gasteiger charge is -2.52. The van der Waals surface area contributed by atoms with Crippen molar-refractivity contribution in [1.82, 2.24) is 9.80 Å². The van der Waals surface area contributed by atoms with E-state index in [9.17, 15) is 29.7 Å². The van der Waals surface area contributed by atoms with E-state index >= 15 is 0 Å². The molecule has 43 heavy (non-hydrogen) atoms. The number of aliphatic hydroxyl groups is 2. The van der Waals surface area contributed by atoms with Crippen molar-refractivity contribution in [3.8, 4) is 5.75 Å². The number of phenols is 1. The molecule has 3 aliphatic carbocycles. The number of fused-ring (bicyclic) bond motifs is 3. The Morgan fingerprint density at radius 3 is 2.26 bits per heavy atom. The van der Waals surface area contributed by atoms with Gasteiger partial charge in [-0.3, -0.25) is 19.3 Å². The molecule has 4 rings (SSSR count). The molecule has 0 heterocycles. The number of primary amides is 1. The van der Waals surface area contributed by atoms with E-state index in [1.165, 1.54) is 7.11 Å². The summed E-state index contributed by atoms with van der Waals surface area (Å²) < 4.78 is 5.74. The quantitative estimate of drug-likeness (QED) is 0.328. The molecular formula is C32H46N4O7. The second-order valence-electron chi connectivity index (χ2n) is 13.8. The van der Waals surface area contributed by atoms with Gasteiger partial charge >= 0.3 is 0 Å². The maximum atomic E-state index is 14.4. The first kappa shape index (κ1) is 32.5. The van der Waals surface area contributed by atoms with Gasteiger partial charge in [0.15, 0.2) is 11.4 Å². The average molecular weight is 599 g/mol. The van der Waals surface area contributed by atoms with Crippen molar-refractivity contribution in [1.29, 1.82) is 0 Å². The van der Waals surface area contributed by atoms with Crippen molar-refractivity contribution in [3.05, 3.63) is 39.7 Å². The number of aliphatic hydroxyl groups excluding tert-OH is 2. The molecule has 1 fully saturated rings. The third-order valence-corrected chi connectivity index (χ3v) is 9.19. The number of carbonyl (C=O) groups excluding carboxylic acids is 3. The number of nitrogens with zero attached hydrogens (tertiary/aromatic N) is 3. The maximum Gasteiger partial charge on any atom is 0.255 e. The van der Waals surface area contributed by atoms with Crippen LogP contribution in [-0.4, -0.2) is 103 Å². The van der Waals surface area contributed by atoms with Crippen molar-refractivity contribution in [2.75, 3.05) is 53.8 Å². The molecule has 1 saturated carbocycles. The fraction of sp³-hybridized carbons (Fsp3) is 0.594. The molecule has 236 valence electrons. The lowest BCUT2D eigenvalue weighted by Crippen LogP contribution is -2.66. The number of aromatic hydroxyl groups is 1. The molecule has 5 N–H and O–H groups in total. The third-order valence-electron chi connectivity index (χ3n) is 9.19. The lowest BCUT2D eigenvalue weighted by molar-refractivity contribution is -0.159. The van der Waals surface area contributed by atoms with E-state index < -0.39 is 58.0 Å². The SMILES string of the molecule is CO[C@]12C(=O)C3=C(O)c4c(O)cc(CN(C)CCC(C)(C)C)c(N(C)C)c4C[C@H]3C[C@H]1[C@H](N(C)C)C(=O)C(C(N)=O)=C2O. The Hall–Kier alpha value is -3.41. The topological polar surface area (TPSA) is 157 Å².